The summed E-state index contributed by atoms with van der Waals surface area (Å²) in [5.74, 6) is 0.742. The molecule has 1 aliphatic heterocycles. The molecule has 0 aromatic carbocycles. The second kappa shape index (κ2) is 7.23. The fourth-order valence-electron chi connectivity index (χ4n) is 2.12. The van der Waals surface area contributed by atoms with Crippen molar-refractivity contribution in [3.63, 3.8) is 0 Å². The molecule has 3 N–H and O–H groups in total. The van der Waals surface area contributed by atoms with Crippen LogP contribution in [-0.2, 0) is 4.79 Å². The number of piperidine rings is 1. The Morgan fingerprint density at radius 1 is 1.25 bits per heavy atom. The minimum atomic E-state index is -0.311. The average Bonchev–Trinajstić information content (AvgIpc) is 2.44. The summed E-state index contributed by atoms with van der Waals surface area (Å²) in [4.78, 5) is 25.3. The molecular weight excluding hydrogens is 280 g/mol. The Kier molecular flexibility index (Phi) is 5.34. The Morgan fingerprint density at radius 2 is 2.00 bits per heavy atom. The van der Waals surface area contributed by atoms with Gasteiger partial charge in [-0.15, -0.1) is 0 Å². The number of amides is 1. The first-order chi connectivity index (χ1) is 9.65. The zero-order valence-electron chi connectivity index (χ0n) is 11.3. The van der Waals surface area contributed by atoms with Crippen LogP contribution >= 0.6 is 11.6 Å². The van der Waals surface area contributed by atoms with Crippen LogP contribution in [0.15, 0.2) is 0 Å². The van der Waals surface area contributed by atoms with E-state index in [2.05, 4.69) is 25.2 Å². The number of nitrogens with two attached hydrogens (primary N) is 1. The van der Waals surface area contributed by atoms with E-state index in [-0.39, 0.29) is 11.2 Å². The third-order valence-electron chi connectivity index (χ3n) is 3.12. The zero-order valence-corrected chi connectivity index (χ0v) is 12.1. The average molecular weight is 299 g/mol. The molecule has 8 heteroatoms. The van der Waals surface area contributed by atoms with E-state index in [4.69, 9.17) is 17.3 Å². The van der Waals surface area contributed by atoms with Gasteiger partial charge in [0.15, 0.2) is 0 Å². The Labute approximate surface area is 122 Å². The number of rotatable bonds is 6. The molecule has 20 heavy (non-hydrogen) atoms. The van der Waals surface area contributed by atoms with Crippen LogP contribution in [0.25, 0.3) is 0 Å². The van der Waals surface area contributed by atoms with Gasteiger partial charge in [0.25, 0.3) is 0 Å². The van der Waals surface area contributed by atoms with Crippen molar-refractivity contribution in [1.29, 1.82) is 0 Å². The first kappa shape index (κ1) is 14.8. The third-order valence-corrected chi connectivity index (χ3v) is 3.29. The monoisotopic (exact) mass is 298 g/mol. The Bertz CT molecular complexity index is 463. The molecule has 2 heterocycles. The Hall–Kier alpha value is -1.63. The van der Waals surface area contributed by atoms with Gasteiger partial charge in [-0.3, -0.25) is 4.79 Å². The lowest BCUT2D eigenvalue weighted by molar-refractivity contribution is -0.118. The summed E-state index contributed by atoms with van der Waals surface area (Å²) < 4.78 is 0. The highest BCUT2D eigenvalue weighted by atomic mass is 35.5. The third kappa shape index (κ3) is 4.48. The molecule has 1 saturated heterocycles. The maximum absolute atomic E-state index is 10.7. The van der Waals surface area contributed by atoms with Crippen molar-refractivity contribution in [2.24, 2.45) is 5.73 Å². The van der Waals surface area contributed by atoms with Crippen LogP contribution in [-0.4, -0.2) is 40.5 Å². The molecule has 0 atom stereocenters. The second-order valence-electron chi connectivity index (χ2n) is 4.77. The lowest BCUT2D eigenvalue weighted by Crippen LogP contribution is -2.31. The highest BCUT2D eigenvalue weighted by molar-refractivity contribution is 6.28. The van der Waals surface area contributed by atoms with Gasteiger partial charge < -0.3 is 16.0 Å². The predicted octanol–water partition coefficient (Wildman–Crippen LogP) is 1.19. The van der Waals surface area contributed by atoms with Gasteiger partial charge in [-0.1, -0.05) is 0 Å². The smallest absolute Gasteiger partial charge is 0.231 e. The van der Waals surface area contributed by atoms with E-state index in [1.165, 1.54) is 6.42 Å². The van der Waals surface area contributed by atoms with Crippen molar-refractivity contribution >= 4 is 29.4 Å². The van der Waals surface area contributed by atoms with Crippen LogP contribution in [0.1, 0.15) is 32.1 Å². The van der Waals surface area contributed by atoms with E-state index in [9.17, 15) is 4.79 Å². The highest BCUT2D eigenvalue weighted by Crippen LogP contribution is 2.18. The van der Waals surface area contributed by atoms with Crippen molar-refractivity contribution in [3.8, 4) is 0 Å². The fraction of sp³-hybridized carbons (Fsp3) is 0.667. The van der Waals surface area contributed by atoms with Gasteiger partial charge in [0.05, 0.1) is 0 Å². The first-order valence-corrected chi connectivity index (χ1v) is 7.21. The normalized spacial score (nSPS) is 15.2. The van der Waals surface area contributed by atoms with E-state index >= 15 is 0 Å². The van der Waals surface area contributed by atoms with Gasteiger partial charge >= 0.3 is 0 Å². The van der Waals surface area contributed by atoms with Gasteiger partial charge in [-0.2, -0.15) is 15.0 Å². The number of primary amides is 1. The molecule has 0 aliphatic carbocycles. The molecule has 7 nitrogen and oxygen atoms in total. The zero-order chi connectivity index (χ0) is 14.4. The molecule has 1 aromatic rings. The highest BCUT2D eigenvalue weighted by Gasteiger charge is 2.15. The molecule has 0 radical (unpaired) electrons. The van der Waals surface area contributed by atoms with Crippen LogP contribution in [0.2, 0.25) is 5.28 Å². The minimum Gasteiger partial charge on any atom is -0.370 e. The number of nitrogens with one attached hydrogen (secondary N) is 1. The molecule has 1 aliphatic rings. The van der Waals surface area contributed by atoms with Gasteiger partial charge in [0, 0.05) is 26.1 Å². The first-order valence-electron chi connectivity index (χ1n) is 6.84. The van der Waals surface area contributed by atoms with Crippen molar-refractivity contribution in [1.82, 2.24) is 15.0 Å². The molecule has 0 unspecified atom stereocenters. The molecule has 1 aromatic heterocycles. The standard InChI is InChI=1S/C12H19ClN6O/c13-10-16-11(15-6-4-5-9(14)20)18-12(17-10)19-7-2-1-3-8-19/h1-8H2,(H2,14,20)(H,15,16,17,18). The summed E-state index contributed by atoms with van der Waals surface area (Å²) >= 11 is 5.93. The molecule has 0 spiro atoms. The number of anilines is 2. The topological polar surface area (TPSA) is 97.0 Å². The lowest BCUT2D eigenvalue weighted by atomic mass is 10.1. The molecule has 0 saturated carbocycles. The van der Waals surface area contributed by atoms with E-state index in [0.717, 1.165) is 25.9 Å². The number of carbonyl (C=O) groups excluding carboxylic acids is 1. The maximum atomic E-state index is 10.7. The molecule has 0 bridgehead atoms. The number of hydrogen-bond acceptors (Lipinski definition) is 6. The quantitative estimate of drug-likeness (QED) is 0.766. The van der Waals surface area contributed by atoms with Crippen molar-refractivity contribution in [2.45, 2.75) is 32.1 Å². The summed E-state index contributed by atoms with van der Waals surface area (Å²) in [6, 6.07) is 0. The largest absolute Gasteiger partial charge is 0.370 e. The summed E-state index contributed by atoms with van der Waals surface area (Å²) in [6.07, 6.45) is 4.51. The number of carbonyl (C=O) groups is 1. The second-order valence-corrected chi connectivity index (χ2v) is 5.11. The Morgan fingerprint density at radius 3 is 2.70 bits per heavy atom. The summed E-state index contributed by atoms with van der Waals surface area (Å²) in [7, 11) is 0. The van der Waals surface area contributed by atoms with Crippen LogP contribution in [0, 0.1) is 0 Å². The van der Waals surface area contributed by atoms with Crippen molar-refractivity contribution in [3.05, 3.63) is 5.28 Å². The van der Waals surface area contributed by atoms with Crippen LogP contribution in [0.3, 0.4) is 0 Å². The van der Waals surface area contributed by atoms with Crippen LogP contribution in [0.4, 0.5) is 11.9 Å². The van der Waals surface area contributed by atoms with Crippen molar-refractivity contribution in [2.75, 3.05) is 29.9 Å². The fourth-order valence-corrected chi connectivity index (χ4v) is 2.27. The number of halogens is 1. The summed E-state index contributed by atoms with van der Waals surface area (Å²) in [6.45, 7) is 2.46. The molecule has 1 fully saturated rings. The van der Waals surface area contributed by atoms with E-state index in [1.807, 2.05) is 0 Å². The number of aromatic nitrogens is 3. The SMILES string of the molecule is NC(=O)CCCNc1nc(Cl)nc(N2CCCCC2)n1. The van der Waals surface area contributed by atoms with E-state index in [1.54, 1.807) is 0 Å². The van der Waals surface area contributed by atoms with E-state index in [0.29, 0.717) is 31.3 Å². The molecule has 110 valence electrons. The Balaban J connectivity index is 1.95. The van der Waals surface area contributed by atoms with Gasteiger partial charge in [0.1, 0.15) is 0 Å². The molecule has 1 amide bonds. The van der Waals surface area contributed by atoms with E-state index < -0.39 is 0 Å². The predicted molar refractivity (Wildman–Crippen MR) is 77.8 cm³/mol. The number of hydrogen-bond donors (Lipinski definition) is 2. The maximum Gasteiger partial charge on any atom is 0.231 e. The lowest BCUT2D eigenvalue weighted by Gasteiger charge is -2.26. The van der Waals surface area contributed by atoms with Crippen LogP contribution < -0.4 is 16.0 Å². The van der Waals surface area contributed by atoms with Gasteiger partial charge in [-0.25, -0.2) is 0 Å². The van der Waals surface area contributed by atoms with Crippen molar-refractivity contribution < 1.29 is 4.79 Å². The van der Waals surface area contributed by atoms with Crippen LogP contribution in [0.5, 0.6) is 0 Å². The molecule has 2 rings (SSSR count). The summed E-state index contributed by atoms with van der Waals surface area (Å²) in [5, 5.41) is 3.22. The van der Waals surface area contributed by atoms with Gasteiger partial charge in [0.2, 0.25) is 23.1 Å². The number of nitrogens with zero attached hydrogens (tertiary/aromatic N) is 4. The molecular formula is C12H19ClN6O. The summed E-state index contributed by atoms with van der Waals surface area (Å²) in [5.41, 5.74) is 5.08. The van der Waals surface area contributed by atoms with Gasteiger partial charge in [-0.05, 0) is 37.3 Å². The minimum absolute atomic E-state index is 0.179.